The highest BCUT2D eigenvalue weighted by atomic mass is 16.5. The molecule has 2 fully saturated rings. The van der Waals surface area contributed by atoms with Crippen molar-refractivity contribution < 1.29 is 38.9 Å². The fourth-order valence-corrected chi connectivity index (χ4v) is 6.33. The molecule has 2 aliphatic rings. The highest BCUT2D eigenvalue weighted by Gasteiger charge is 2.30. The van der Waals surface area contributed by atoms with Gasteiger partial charge in [0.1, 0.15) is 0 Å². The number of esters is 2. The van der Waals surface area contributed by atoms with Crippen molar-refractivity contribution in [3.63, 3.8) is 0 Å². The molecular weight excluding hydrogens is 684 g/mol. The Morgan fingerprint density at radius 1 is 0.667 bits per heavy atom. The van der Waals surface area contributed by atoms with Crippen molar-refractivity contribution in [1.29, 1.82) is 0 Å². The second-order valence-electron chi connectivity index (χ2n) is 14.4. The predicted molar refractivity (Wildman–Crippen MR) is 214 cm³/mol. The van der Waals surface area contributed by atoms with Gasteiger partial charge < -0.3 is 29.5 Å². The number of hydrogen-bond donors (Lipinski definition) is 2. The number of rotatable bonds is 22. The number of unbranched alkanes of at least 4 members (excludes halogenated alkanes) is 6. The molecule has 304 valence electrons. The van der Waals surface area contributed by atoms with Crippen LogP contribution in [0.5, 0.6) is 0 Å². The van der Waals surface area contributed by atoms with E-state index in [-0.39, 0.29) is 47.7 Å². The van der Waals surface area contributed by atoms with Crippen molar-refractivity contribution in [2.45, 2.75) is 168 Å². The molecule has 0 aromatic carbocycles. The third-order valence-electron chi connectivity index (χ3n) is 9.94. The molecule has 6 atom stereocenters. The quantitative estimate of drug-likeness (QED) is 0.0527. The van der Waals surface area contributed by atoms with E-state index in [0.29, 0.717) is 38.5 Å². The molecular formula is C44H70N2O8. The molecule has 0 aromatic rings. The van der Waals surface area contributed by atoms with Crippen LogP contribution in [0.25, 0.3) is 0 Å². The normalized spacial score (nSPS) is 19.0. The average Bonchev–Trinajstić information content (AvgIpc) is 3.71. The van der Waals surface area contributed by atoms with Gasteiger partial charge in [0, 0.05) is 64.5 Å². The fraction of sp³-hybridized carbons (Fsp3) is 0.727. The second-order valence-corrected chi connectivity index (χ2v) is 14.4. The van der Waals surface area contributed by atoms with Gasteiger partial charge in [0.05, 0.1) is 38.5 Å². The minimum absolute atomic E-state index is 0.0798. The van der Waals surface area contributed by atoms with Gasteiger partial charge in [0.2, 0.25) is 11.8 Å². The van der Waals surface area contributed by atoms with Gasteiger partial charge in [-0.15, -0.1) is 23.7 Å². The number of hydrogen-bond acceptors (Lipinski definition) is 8. The first kappa shape index (κ1) is 48.4. The van der Waals surface area contributed by atoms with E-state index in [0.717, 1.165) is 90.1 Å². The minimum atomic E-state index is -0.535. The Balaban J connectivity index is 0.000000540. The Bertz CT molecular complexity index is 1190. The van der Waals surface area contributed by atoms with Crippen molar-refractivity contribution in [2.75, 3.05) is 27.3 Å². The first-order valence-electron chi connectivity index (χ1n) is 20.4. The molecule has 0 bridgehead atoms. The van der Waals surface area contributed by atoms with Gasteiger partial charge in [-0.3, -0.25) is 19.2 Å². The van der Waals surface area contributed by atoms with E-state index < -0.39 is 12.2 Å². The van der Waals surface area contributed by atoms with Crippen LogP contribution in [0, 0.1) is 35.5 Å². The Labute approximate surface area is 326 Å². The van der Waals surface area contributed by atoms with Crippen molar-refractivity contribution in [2.24, 2.45) is 11.8 Å². The summed E-state index contributed by atoms with van der Waals surface area (Å²) in [6.07, 6.45) is 20.7. The van der Waals surface area contributed by atoms with E-state index in [2.05, 4.69) is 33.2 Å². The number of aliphatic hydroxyl groups excluding tert-OH is 2. The average molecular weight is 755 g/mol. The van der Waals surface area contributed by atoms with E-state index in [4.69, 9.17) is 0 Å². The Morgan fingerprint density at radius 3 is 1.39 bits per heavy atom. The van der Waals surface area contributed by atoms with Gasteiger partial charge in [0.25, 0.3) is 0 Å². The zero-order valence-corrected chi connectivity index (χ0v) is 34.2. The van der Waals surface area contributed by atoms with Gasteiger partial charge in [0.15, 0.2) is 0 Å². The molecule has 2 aliphatic heterocycles. The largest absolute Gasteiger partial charge is 0.469 e. The maximum atomic E-state index is 12.1. The van der Waals surface area contributed by atoms with Crippen LogP contribution >= 0.6 is 0 Å². The highest BCUT2D eigenvalue weighted by molar-refractivity contribution is 5.79. The highest BCUT2D eigenvalue weighted by Crippen LogP contribution is 2.23. The Hall–Kier alpha value is -3.60. The summed E-state index contributed by atoms with van der Waals surface area (Å²) in [4.78, 5) is 50.3. The number of amides is 2. The van der Waals surface area contributed by atoms with Crippen LogP contribution in [-0.2, 0) is 28.7 Å². The molecule has 0 aliphatic carbocycles. The number of methoxy groups -OCH3 is 2. The molecule has 2 N–H and O–H groups in total. The number of likely N-dealkylation sites (tertiary alicyclic amines) is 2. The SMILES string of the molecule is CCC#CC[C@H](C)[C@@H](O)/C=C/[C@H]1CCC(=O)N1CCCCCCC(=O)OC.CCC#CC[C@H](C)[C@H](O)/C=C/[C@H]1CCC(=O)N1CCCCCCC(=O)OC. The van der Waals surface area contributed by atoms with Crippen molar-refractivity contribution >= 4 is 23.8 Å². The maximum Gasteiger partial charge on any atom is 0.305 e. The second kappa shape index (κ2) is 29.7. The summed E-state index contributed by atoms with van der Waals surface area (Å²) in [7, 11) is 2.82. The van der Waals surface area contributed by atoms with E-state index >= 15 is 0 Å². The fourth-order valence-electron chi connectivity index (χ4n) is 6.33. The molecule has 2 amide bonds. The summed E-state index contributed by atoms with van der Waals surface area (Å²) >= 11 is 0. The lowest BCUT2D eigenvalue weighted by Crippen LogP contribution is -2.33. The summed E-state index contributed by atoms with van der Waals surface area (Å²) in [5.74, 6) is 12.4. The number of ether oxygens (including phenoxy) is 2. The van der Waals surface area contributed by atoms with Crippen LogP contribution in [-0.4, -0.2) is 95.4 Å². The molecule has 0 aromatic heterocycles. The van der Waals surface area contributed by atoms with Crippen molar-refractivity contribution in [3.8, 4) is 23.7 Å². The van der Waals surface area contributed by atoms with Crippen LogP contribution in [0.1, 0.15) is 143 Å². The minimum Gasteiger partial charge on any atom is -0.469 e. The monoisotopic (exact) mass is 755 g/mol. The molecule has 54 heavy (non-hydrogen) atoms. The lowest BCUT2D eigenvalue weighted by molar-refractivity contribution is -0.141. The van der Waals surface area contributed by atoms with Crippen molar-refractivity contribution in [3.05, 3.63) is 24.3 Å². The zero-order valence-electron chi connectivity index (χ0n) is 34.2. The molecule has 10 heteroatoms. The molecule has 0 unspecified atom stereocenters. The van der Waals surface area contributed by atoms with E-state index in [9.17, 15) is 29.4 Å². The first-order valence-corrected chi connectivity index (χ1v) is 20.4. The van der Waals surface area contributed by atoms with Gasteiger partial charge >= 0.3 is 11.9 Å². The predicted octanol–water partition coefficient (Wildman–Crippen LogP) is 6.92. The van der Waals surface area contributed by atoms with Gasteiger partial charge in [-0.05, 0) is 50.4 Å². The lowest BCUT2D eigenvalue weighted by atomic mass is 10.00. The topological polar surface area (TPSA) is 134 Å². The summed E-state index contributed by atoms with van der Waals surface area (Å²) in [6.45, 7) is 9.48. The molecule has 0 radical (unpaired) electrons. The number of nitrogens with zero attached hydrogens (tertiary/aromatic N) is 2. The van der Waals surface area contributed by atoms with Gasteiger partial charge in [-0.25, -0.2) is 0 Å². The summed E-state index contributed by atoms with van der Waals surface area (Å²) < 4.78 is 9.26. The first-order chi connectivity index (χ1) is 26.0. The molecule has 2 heterocycles. The lowest BCUT2D eigenvalue weighted by Gasteiger charge is -2.23. The maximum absolute atomic E-state index is 12.1. The van der Waals surface area contributed by atoms with Gasteiger partial charge in [-0.2, -0.15) is 0 Å². The smallest absolute Gasteiger partial charge is 0.305 e. The van der Waals surface area contributed by atoms with E-state index in [1.807, 2.05) is 61.8 Å². The molecule has 10 nitrogen and oxygen atoms in total. The van der Waals surface area contributed by atoms with Crippen LogP contribution in [0.2, 0.25) is 0 Å². The van der Waals surface area contributed by atoms with Gasteiger partial charge in [-0.1, -0.05) is 77.7 Å². The van der Waals surface area contributed by atoms with E-state index in [1.165, 1.54) is 14.2 Å². The van der Waals surface area contributed by atoms with Crippen molar-refractivity contribution in [1.82, 2.24) is 9.80 Å². The van der Waals surface area contributed by atoms with Crippen LogP contribution in [0.15, 0.2) is 24.3 Å². The number of carbonyl (C=O) groups is 4. The summed E-state index contributed by atoms with van der Waals surface area (Å²) in [6, 6.07) is 0.160. The summed E-state index contributed by atoms with van der Waals surface area (Å²) in [5.41, 5.74) is 0. The third kappa shape index (κ3) is 20.7. The van der Waals surface area contributed by atoms with Crippen LogP contribution in [0.3, 0.4) is 0 Å². The van der Waals surface area contributed by atoms with Crippen LogP contribution in [0.4, 0.5) is 0 Å². The Morgan fingerprint density at radius 2 is 1.04 bits per heavy atom. The summed E-state index contributed by atoms with van der Waals surface area (Å²) in [5, 5.41) is 20.5. The van der Waals surface area contributed by atoms with E-state index in [1.54, 1.807) is 0 Å². The molecule has 2 saturated heterocycles. The molecule has 2 rings (SSSR count). The number of carbonyl (C=O) groups excluding carboxylic acids is 4. The molecule has 0 spiro atoms. The van der Waals surface area contributed by atoms with Crippen LogP contribution < -0.4 is 0 Å². The Kier molecular flexibility index (Phi) is 26.6. The molecule has 0 saturated carbocycles. The number of aliphatic hydroxyl groups is 2. The third-order valence-corrected chi connectivity index (χ3v) is 9.94. The standard InChI is InChI=1S/2C22H35NO4/c2*1-4-5-8-11-18(2)20(24)15-13-19-14-16-21(25)23(19)17-10-7-6-9-12-22(26)27-3/h2*13,15,18-20,24H,4,6-7,9-12,14,16-17H2,1-3H3/b2*15-13+/t18-,19-,20+;18-,19-,20-/m00/s1. The zero-order chi connectivity index (χ0) is 40.1.